The Morgan fingerprint density at radius 3 is 1.94 bits per heavy atom. The summed E-state index contributed by atoms with van der Waals surface area (Å²) in [6.07, 6.45) is 9.90. The Kier molecular flexibility index (Phi) is 12.1. The van der Waals surface area contributed by atoms with E-state index in [0.717, 1.165) is 0 Å². The second-order valence-corrected chi connectivity index (χ2v) is 6.50. The van der Waals surface area contributed by atoms with Crippen molar-refractivity contribution in [3.05, 3.63) is 76.7 Å². The zero-order valence-corrected chi connectivity index (χ0v) is 19.3. The molecule has 0 fully saturated rings. The number of rotatable bonds is 3. The van der Waals surface area contributed by atoms with Crippen molar-refractivity contribution >= 4 is 46.7 Å². The molecule has 0 aromatic carbocycles. The van der Waals surface area contributed by atoms with Crippen LogP contribution in [-0.4, -0.2) is 65.6 Å². The summed E-state index contributed by atoms with van der Waals surface area (Å²) >= 11 is 16.6. The first kappa shape index (κ1) is 28.4. The van der Waals surface area contributed by atoms with Gasteiger partial charge in [-0.15, -0.1) is 0 Å². The SMILES string of the molecule is C.COC(=O)c1cc(-n2ccnc2)nc(Cl)n1.COC(=O)c1cc(Cl)nc(Cl)n1.c1c[nH]cn1. The summed E-state index contributed by atoms with van der Waals surface area (Å²) in [5, 5.41) is 0.00454. The summed E-state index contributed by atoms with van der Waals surface area (Å²) in [5.41, 5.74) is 0.147. The van der Waals surface area contributed by atoms with Gasteiger partial charge in [-0.3, -0.25) is 4.57 Å². The quantitative estimate of drug-likeness (QED) is 0.236. The van der Waals surface area contributed by atoms with Crippen molar-refractivity contribution in [3.63, 3.8) is 0 Å². The van der Waals surface area contributed by atoms with Crippen LogP contribution in [0.2, 0.25) is 15.7 Å². The maximum absolute atomic E-state index is 11.3. The van der Waals surface area contributed by atoms with Crippen LogP contribution >= 0.6 is 34.8 Å². The fourth-order valence-electron chi connectivity index (χ4n) is 1.96. The van der Waals surface area contributed by atoms with Gasteiger partial charge in [-0.2, -0.15) is 4.98 Å². The highest BCUT2D eigenvalue weighted by atomic mass is 35.5. The third-order valence-corrected chi connectivity index (χ3v) is 3.85. The molecule has 0 spiro atoms. The summed E-state index contributed by atoms with van der Waals surface area (Å²) < 4.78 is 10.6. The summed E-state index contributed by atoms with van der Waals surface area (Å²) in [7, 11) is 2.52. The number of nitrogens with zero attached hydrogens (tertiary/aromatic N) is 7. The van der Waals surface area contributed by atoms with Crippen molar-refractivity contribution in [1.29, 1.82) is 0 Å². The first-order chi connectivity index (χ1) is 15.8. The molecule has 34 heavy (non-hydrogen) atoms. The van der Waals surface area contributed by atoms with Crippen LogP contribution in [0.3, 0.4) is 0 Å². The van der Waals surface area contributed by atoms with E-state index in [1.54, 1.807) is 42.0 Å². The van der Waals surface area contributed by atoms with Gasteiger partial charge in [0.05, 0.1) is 20.5 Å². The lowest BCUT2D eigenvalue weighted by molar-refractivity contribution is 0.0585. The van der Waals surface area contributed by atoms with Crippen LogP contribution in [0.25, 0.3) is 5.82 Å². The minimum Gasteiger partial charge on any atom is -0.464 e. The number of H-pyrrole nitrogens is 1. The van der Waals surface area contributed by atoms with E-state index in [9.17, 15) is 9.59 Å². The zero-order chi connectivity index (χ0) is 24.2. The largest absolute Gasteiger partial charge is 0.464 e. The standard InChI is InChI=1S/C9H7ClN4O2.C6H4Cl2N2O2.C3H4N2.CH4/c1-16-8(15)6-4-7(13-9(10)12-6)14-3-2-11-5-14;1-12-5(11)3-2-4(7)10-6(8)9-3;1-2-5-3-4-1;/h2-5H,1H3;2H,1H3;1-3H,(H,4,5);1H4. The topological polar surface area (TPSA) is 151 Å². The van der Waals surface area contributed by atoms with Crippen molar-refractivity contribution < 1.29 is 19.1 Å². The highest BCUT2D eigenvalue weighted by Gasteiger charge is 2.12. The van der Waals surface area contributed by atoms with Crippen LogP contribution in [0.4, 0.5) is 0 Å². The highest BCUT2D eigenvalue weighted by molar-refractivity contribution is 6.32. The monoisotopic (exact) mass is 528 g/mol. The molecule has 12 nitrogen and oxygen atoms in total. The maximum Gasteiger partial charge on any atom is 0.356 e. The fraction of sp³-hybridized carbons (Fsp3) is 0.158. The molecule has 0 bridgehead atoms. The molecule has 1 N–H and O–H groups in total. The van der Waals surface area contributed by atoms with Crippen LogP contribution in [-0.2, 0) is 9.47 Å². The third-order valence-electron chi connectivity index (χ3n) is 3.32. The lowest BCUT2D eigenvalue weighted by Gasteiger charge is -2.03. The number of hydrogen-bond donors (Lipinski definition) is 1. The van der Waals surface area contributed by atoms with Gasteiger partial charge in [0, 0.05) is 36.9 Å². The molecule has 0 saturated carbocycles. The van der Waals surface area contributed by atoms with Crippen LogP contribution in [0.15, 0.2) is 49.6 Å². The van der Waals surface area contributed by atoms with Crippen molar-refractivity contribution in [3.8, 4) is 5.82 Å². The molecule has 0 aliphatic carbocycles. The number of methoxy groups -OCH3 is 2. The fourth-order valence-corrected chi connectivity index (χ4v) is 2.54. The van der Waals surface area contributed by atoms with E-state index in [1.165, 1.54) is 26.4 Å². The number of carbonyl (C=O) groups excluding carboxylic acids is 2. The highest BCUT2D eigenvalue weighted by Crippen LogP contribution is 2.12. The number of hydrogen-bond acceptors (Lipinski definition) is 10. The molecule has 0 aliphatic heterocycles. The predicted octanol–water partition coefficient (Wildman–Crippen LogP) is 3.72. The first-order valence-electron chi connectivity index (χ1n) is 8.66. The Bertz CT molecular complexity index is 1140. The van der Waals surface area contributed by atoms with E-state index >= 15 is 0 Å². The summed E-state index contributed by atoms with van der Waals surface area (Å²) in [4.78, 5) is 47.3. The molecule has 4 aromatic rings. The average molecular weight is 530 g/mol. The third kappa shape index (κ3) is 9.10. The van der Waals surface area contributed by atoms with E-state index in [0.29, 0.717) is 5.82 Å². The molecule has 4 rings (SSSR count). The minimum atomic E-state index is -0.596. The number of imidazole rings is 2. The van der Waals surface area contributed by atoms with E-state index in [4.69, 9.17) is 34.8 Å². The average Bonchev–Trinajstić information content (AvgIpc) is 3.54. The predicted molar refractivity (Wildman–Crippen MR) is 124 cm³/mol. The van der Waals surface area contributed by atoms with Crippen LogP contribution in [0, 0.1) is 0 Å². The van der Waals surface area contributed by atoms with Gasteiger partial charge in [0.1, 0.15) is 17.3 Å². The van der Waals surface area contributed by atoms with E-state index in [-0.39, 0.29) is 34.5 Å². The molecular formula is C19H19Cl3N8O4. The van der Waals surface area contributed by atoms with Crippen molar-refractivity contribution in [2.45, 2.75) is 7.43 Å². The molecule has 15 heteroatoms. The number of esters is 2. The van der Waals surface area contributed by atoms with Gasteiger partial charge in [-0.1, -0.05) is 19.0 Å². The van der Waals surface area contributed by atoms with Crippen LogP contribution in [0.5, 0.6) is 0 Å². The Balaban J connectivity index is 0.000000283. The Hall–Kier alpha value is -3.61. The normalized spacial score (nSPS) is 9.32. The molecular weight excluding hydrogens is 511 g/mol. The van der Waals surface area contributed by atoms with Gasteiger partial charge in [0.25, 0.3) is 0 Å². The molecule has 180 valence electrons. The van der Waals surface area contributed by atoms with Gasteiger partial charge in [-0.05, 0) is 23.2 Å². The van der Waals surface area contributed by atoms with Gasteiger partial charge in [-0.25, -0.2) is 34.5 Å². The van der Waals surface area contributed by atoms with E-state index in [1.807, 2.05) is 0 Å². The number of nitrogens with one attached hydrogen (secondary N) is 1. The van der Waals surface area contributed by atoms with Crippen LogP contribution < -0.4 is 0 Å². The van der Waals surface area contributed by atoms with Crippen molar-refractivity contribution in [2.75, 3.05) is 14.2 Å². The van der Waals surface area contributed by atoms with Crippen LogP contribution in [0.1, 0.15) is 28.4 Å². The van der Waals surface area contributed by atoms with Gasteiger partial charge >= 0.3 is 11.9 Å². The van der Waals surface area contributed by atoms with Gasteiger partial charge in [0.2, 0.25) is 10.6 Å². The molecule has 4 heterocycles. The summed E-state index contributed by atoms with van der Waals surface area (Å²) in [6.45, 7) is 0. The Morgan fingerprint density at radius 2 is 1.50 bits per heavy atom. The van der Waals surface area contributed by atoms with Gasteiger partial charge < -0.3 is 14.5 Å². The summed E-state index contributed by atoms with van der Waals surface area (Å²) in [6, 6.07) is 2.75. The molecule has 0 atom stereocenters. The lowest BCUT2D eigenvalue weighted by Crippen LogP contribution is -2.07. The Labute approximate surface area is 209 Å². The zero-order valence-electron chi connectivity index (χ0n) is 17.0. The Morgan fingerprint density at radius 1 is 0.882 bits per heavy atom. The maximum atomic E-state index is 11.3. The lowest BCUT2D eigenvalue weighted by atomic mass is 10.4. The number of carbonyl (C=O) groups is 2. The van der Waals surface area contributed by atoms with Crippen molar-refractivity contribution in [1.82, 2.24) is 39.5 Å². The van der Waals surface area contributed by atoms with Gasteiger partial charge in [0.15, 0.2) is 11.4 Å². The second-order valence-electron chi connectivity index (χ2n) is 5.44. The molecule has 0 saturated heterocycles. The summed E-state index contributed by atoms with van der Waals surface area (Å²) in [5.74, 6) is -0.704. The molecule has 4 aromatic heterocycles. The molecule has 0 unspecified atom stereocenters. The van der Waals surface area contributed by atoms with Crippen molar-refractivity contribution in [2.24, 2.45) is 0 Å². The smallest absolute Gasteiger partial charge is 0.356 e. The number of aromatic amines is 1. The number of halogens is 3. The minimum absolute atomic E-state index is 0. The second kappa shape index (κ2) is 14.5. The number of aromatic nitrogens is 8. The number of ether oxygens (including phenoxy) is 2. The van der Waals surface area contributed by atoms with E-state index < -0.39 is 11.9 Å². The molecule has 0 aliphatic rings. The first-order valence-corrected chi connectivity index (χ1v) is 9.79. The molecule has 0 radical (unpaired) electrons. The van der Waals surface area contributed by atoms with E-state index in [2.05, 4.69) is 44.4 Å². The molecule has 0 amide bonds.